The Morgan fingerprint density at radius 2 is 1.94 bits per heavy atom. The van der Waals surface area contributed by atoms with Gasteiger partial charge in [0.2, 0.25) is 5.91 Å². The van der Waals surface area contributed by atoms with Crippen LogP contribution in [0.1, 0.15) is 51.9 Å². The number of hydrogen-bond acceptors (Lipinski definition) is 2. The van der Waals surface area contributed by atoms with E-state index in [4.69, 9.17) is 0 Å². The van der Waals surface area contributed by atoms with Gasteiger partial charge in [0.05, 0.1) is 0 Å². The Morgan fingerprint density at radius 1 is 1.22 bits per heavy atom. The molecule has 0 spiro atoms. The van der Waals surface area contributed by atoms with Gasteiger partial charge in [-0.15, -0.1) is 0 Å². The molecule has 1 aliphatic carbocycles. The molecule has 3 heteroatoms. The average molecular weight is 252 g/mol. The second-order valence-corrected chi connectivity index (χ2v) is 6.04. The highest BCUT2D eigenvalue weighted by Gasteiger charge is 2.31. The quantitative estimate of drug-likeness (QED) is 0.836. The lowest BCUT2D eigenvalue weighted by molar-refractivity contribution is -0.138. The molecule has 2 rings (SSSR count). The molecule has 1 unspecified atom stereocenters. The van der Waals surface area contributed by atoms with Crippen molar-refractivity contribution in [3.05, 3.63) is 0 Å². The molecular formula is C15H28N2O. The van der Waals surface area contributed by atoms with Gasteiger partial charge in [-0.2, -0.15) is 0 Å². The van der Waals surface area contributed by atoms with Crippen LogP contribution in [0.2, 0.25) is 0 Å². The minimum Gasteiger partial charge on any atom is -0.341 e. The Hall–Kier alpha value is -0.570. The molecule has 18 heavy (non-hydrogen) atoms. The molecule has 1 heterocycles. The number of likely N-dealkylation sites (N-methyl/N-ethyl adjacent to an activating group) is 1. The average Bonchev–Trinajstić information content (AvgIpc) is 2.46. The van der Waals surface area contributed by atoms with Crippen LogP contribution in [0.5, 0.6) is 0 Å². The minimum atomic E-state index is 0.323. The number of hydrogen-bond donors (Lipinski definition) is 1. The van der Waals surface area contributed by atoms with Crippen molar-refractivity contribution in [3.63, 3.8) is 0 Å². The summed E-state index contributed by atoms with van der Waals surface area (Å²) in [5.41, 5.74) is 0. The van der Waals surface area contributed by atoms with E-state index in [0.717, 1.165) is 38.3 Å². The van der Waals surface area contributed by atoms with Gasteiger partial charge in [0.15, 0.2) is 0 Å². The highest BCUT2D eigenvalue weighted by molar-refractivity contribution is 5.79. The Labute approximate surface area is 111 Å². The lowest BCUT2D eigenvalue weighted by atomic mass is 9.80. The number of nitrogens with one attached hydrogen (secondary N) is 1. The maximum absolute atomic E-state index is 12.5. The predicted molar refractivity (Wildman–Crippen MR) is 74.4 cm³/mol. The van der Waals surface area contributed by atoms with Gasteiger partial charge < -0.3 is 10.2 Å². The van der Waals surface area contributed by atoms with Crippen LogP contribution in [-0.2, 0) is 4.79 Å². The third-order valence-electron chi connectivity index (χ3n) is 4.91. The molecule has 0 aromatic rings. The highest BCUT2D eigenvalue weighted by Crippen LogP contribution is 2.32. The van der Waals surface area contributed by atoms with Crippen LogP contribution in [0.15, 0.2) is 0 Å². The summed E-state index contributed by atoms with van der Waals surface area (Å²) in [5, 5.41) is 3.31. The van der Waals surface area contributed by atoms with Crippen LogP contribution in [0.25, 0.3) is 0 Å². The minimum absolute atomic E-state index is 0.323. The van der Waals surface area contributed by atoms with Gasteiger partial charge in [-0.05, 0) is 51.5 Å². The van der Waals surface area contributed by atoms with Crippen LogP contribution in [0.3, 0.4) is 0 Å². The van der Waals surface area contributed by atoms with Gasteiger partial charge in [0.25, 0.3) is 0 Å². The molecule has 1 amide bonds. The number of carbonyl (C=O) groups excluding carboxylic acids is 1. The molecular weight excluding hydrogens is 224 g/mol. The first-order valence-electron chi connectivity index (χ1n) is 7.70. The van der Waals surface area contributed by atoms with Crippen LogP contribution in [0, 0.1) is 11.8 Å². The molecule has 2 aliphatic rings. The number of rotatable bonds is 3. The van der Waals surface area contributed by atoms with Crippen molar-refractivity contribution in [2.75, 3.05) is 20.1 Å². The summed E-state index contributed by atoms with van der Waals surface area (Å²) < 4.78 is 0. The maximum Gasteiger partial charge on any atom is 0.225 e. The number of likely N-dealkylation sites (tertiary alicyclic amines) is 1. The van der Waals surface area contributed by atoms with Gasteiger partial charge in [0, 0.05) is 25.0 Å². The van der Waals surface area contributed by atoms with Crippen LogP contribution in [0.4, 0.5) is 0 Å². The number of piperidine rings is 1. The molecule has 3 nitrogen and oxygen atoms in total. The number of nitrogens with zero attached hydrogens (tertiary/aromatic N) is 1. The van der Waals surface area contributed by atoms with Gasteiger partial charge >= 0.3 is 0 Å². The zero-order valence-corrected chi connectivity index (χ0v) is 12.0. The summed E-state index contributed by atoms with van der Waals surface area (Å²) in [6, 6.07) is 0.509. The van der Waals surface area contributed by atoms with Crippen molar-refractivity contribution < 1.29 is 4.79 Å². The standard InChI is InChI=1S/C15H28N2O/c1-3-12-6-8-13(9-7-12)15(18)17-10-4-5-14(11-17)16-2/h12-14,16H,3-11H2,1-2H3. The van der Waals surface area contributed by atoms with Crippen LogP contribution >= 0.6 is 0 Å². The summed E-state index contributed by atoms with van der Waals surface area (Å²) in [7, 11) is 2.01. The van der Waals surface area contributed by atoms with E-state index in [0.29, 0.717) is 17.9 Å². The first kappa shape index (κ1) is 13.9. The van der Waals surface area contributed by atoms with E-state index in [1.165, 1.54) is 25.7 Å². The fourth-order valence-corrected chi connectivity index (χ4v) is 3.49. The monoisotopic (exact) mass is 252 g/mol. The summed E-state index contributed by atoms with van der Waals surface area (Å²) in [6.07, 6.45) is 8.42. The van der Waals surface area contributed by atoms with E-state index < -0.39 is 0 Å². The molecule has 1 aliphatic heterocycles. The zero-order chi connectivity index (χ0) is 13.0. The largest absolute Gasteiger partial charge is 0.341 e. The maximum atomic E-state index is 12.5. The molecule has 1 atom stereocenters. The Balaban J connectivity index is 1.83. The molecule has 0 aromatic carbocycles. The van der Waals surface area contributed by atoms with E-state index in [1.54, 1.807) is 0 Å². The van der Waals surface area contributed by atoms with Gasteiger partial charge in [-0.25, -0.2) is 0 Å². The second kappa shape index (κ2) is 6.55. The van der Waals surface area contributed by atoms with E-state index in [2.05, 4.69) is 17.1 Å². The van der Waals surface area contributed by atoms with Crippen LogP contribution < -0.4 is 5.32 Å². The SMILES string of the molecule is CCC1CCC(C(=O)N2CCCC(NC)C2)CC1. The molecule has 2 fully saturated rings. The lowest BCUT2D eigenvalue weighted by Gasteiger charge is -2.36. The summed E-state index contributed by atoms with van der Waals surface area (Å²) >= 11 is 0. The Bertz CT molecular complexity index is 272. The van der Waals surface area contributed by atoms with Gasteiger partial charge in [-0.3, -0.25) is 4.79 Å². The fourth-order valence-electron chi connectivity index (χ4n) is 3.49. The van der Waals surface area contributed by atoms with Crippen molar-refractivity contribution >= 4 is 5.91 Å². The molecule has 0 aromatic heterocycles. The Morgan fingerprint density at radius 3 is 2.56 bits per heavy atom. The topological polar surface area (TPSA) is 32.3 Å². The molecule has 1 saturated carbocycles. The molecule has 0 radical (unpaired) electrons. The fraction of sp³-hybridized carbons (Fsp3) is 0.933. The normalized spacial score (nSPS) is 33.4. The van der Waals surface area contributed by atoms with Crippen LogP contribution in [-0.4, -0.2) is 37.0 Å². The second-order valence-electron chi connectivity index (χ2n) is 6.04. The zero-order valence-electron chi connectivity index (χ0n) is 12.0. The first-order chi connectivity index (χ1) is 8.74. The van der Waals surface area contributed by atoms with E-state index >= 15 is 0 Å². The molecule has 1 saturated heterocycles. The molecule has 104 valence electrons. The number of amides is 1. The van der Waals surface area contributed by atoms with E-state index in [1.807, 2.05) is 7.05 Å². The van der Waals surface area contributed by atoms with Gasteiger partial charge in [0.1, 0.15) is 0 Å². The summed E-state index contributed by atoms with van der Waals surface area (Å²) in [5.74, 6) is 1.63. The predicted octanol–water partition coefficient (Wildman–Crippen LogP) is 2.41. The van der Waals surface area contributed by atoms with Crippen molar-refractivity contribution in [2.45, 2.75) is 57.9 Å². The molecule has 1 N–H and O–H groups in total. The van der Waals surface area contributed by atoms with Crippen molar-refractivity contribution in [2.24, 2.45) is 11.8 Å². The van der Waals surface area contributed by atoms with Crippen molar-refractivity contribution in [1.82, 2.24) is 10.2 Å². The first-order valence-corrected chi connectivity index (χ1v) is 7.70. The van der Waals surface area contributed by atoms with Crippen molar-refractivity contribution in [1.29, 1.82) is 0 Å². The summed E-state index contributed by atoms with van der Waals surface area (Å²) in [6.45, 7) is 4.17. The molecule has 0 bridgehead atoms. The van der Waals surface area contributed by atoms with E-state index in [9.17, 15) is 4.79 Å². The third-order valence-corrected chi connectivity index (χ3v) is 4.91. The van der Waals surface area contributed by atoms with E-state index in [-0.39, 0.29) is 0 Å². The number of carbonyl (C=O) groups is 1. The highest BCUT2D eigenvalue weighted by atomic mass is 16.2. The smallest absolute Gasteiger partial charge is 0.225 e. The van der Waals surface area contributed by atoms with Crippen molar-refractivity contribution in [3.8, 4) is 0 Å². The third kappa shape index (κ3) is 3.25. The summed E-state index contributed by atoms with van der Waals surface area (Å²) in [4.78, 5) is 14.6. The Kier molecular flexibility index (Phi) is 5.04. The van der Waals surface area contributed by atoms with Gasteiger partial charge in [-0.1, -0.05) is 13.3 Å². The lowest BCUT2D eigenvalue weighted by Crippen LogP contribution is -2.49.